The molecule has 138 valence electrons. The number of para-hydroxylation sites is 1. The van der Waals surface area contributed by atoms with Gasteiger partial charge in [-0.25, -0.2) is 8.42 Å². The van der Waals surface area contributed by atoms with Crippen molar-refractivity contribution in [3.05, 3.63) is 29.8 Å². The fraction of sp³-hybridized carbons (Fsp3) is 0.467. The number of nitrogens with zero attached hydrogens (tertiary/aromatic N) is 1. The van der Waals surface area contributed by atoms with E-state index >= 15 is 0 Å². The molecule has 0 saturated carbocycles. The lowest BCUT2D eigenvalue weighted by molar-refractivity contribution is -0.144. The van der Waals surface area contributed by atoms with Gasteiger partial charge in [-0.05, 0) is 25.5 Å². The van der Waals surface area contributed by atoms with E-state index in [-0.39, 0.29) is 24.5 Å². The van der Waals surface area contributed by atoms with Crippen LogP contribution in [0.15, 0.2) is 24.3 Å². The highest BCUT2D eigenvalue weighted by Gasteiger charge is 2.37. The lowest BCUT2D eigenvalue weighted by Gasteiger charge is -2.26. The number of alkyl halides is 3. The second-order valence-electron chi connectivity index (χ2n) is 5.65. The number of anilines is 1. The molecule has 1 aromatic rings. The first-order chi connectivity index (χ1) is 11.5. The van der Waals surface area contributed by atoms with Crippen molar-refractivity contribution in [1.29, 1.82) is 0 Å². The Morgan fingerprint density at radius 2 is 1.92 bits per heavy atom. The Balaban J connectivity index is 2.17. The fourth-order valence-corrected chi connectivity index (χ4v) is 4.47. The zero-order valence-electron chi connectivity index (χ0n) is 13.3. The van der Waals surface area contributed by atoms with E-state index in [4.69, 9.17) is 0 Å². The minimum Gasteiger partial charge on any atom is -0.331 e. The number of amides is 2. The molecule has 25 heavy (non-hydrogen) atoms. The monoisotopic (exact) mass is 378 g/mol. The summed E-state index contributed by atoms with van der Waals surface area (Å²) in [5, 5.41) is 1.98. The summed E-state index contributed by atoms with van der Waals surface area (Å²) in [5.74, 6) is -2.62. The molecular weight excluding hydrogens is 361 g/mol. The van der Waals surface area contributed by atoms with E-state index in [0.29, 0.717) is 0 Å². The SMILES string of the molecule is CCN(C(=O)C(=O)Nc1ccccc1C(F)(F)F)C1CCS(=O)(=O)C1. The molecule has 10 heteroatoms. The summed E-state index contributed by atoms with van der Waals surface area (Å²) < 4.78 is 61.9. The fourth-order valence-electron chi connectivity index (χ4n) is 2.73. The van der Waals surface area contributed by atoms with Crippen molar-refractivity contribution >= 4 is 27.3 Å². The Kier molecular flexibility index (Phi) is 5.40. The maximum Gasteiger partial charge on any atom is 0.418 e. The summed E-state index contributed by atoms with van der Waals surface area (Å²) in [7, 11) is -3.27. The number of halogens is 3. The van der Waals surface area contributed by atoms with Crippen LogP contribution < -0.4 is 5.32 Å². The standard InChI is InChI=1S/C15H17F3N2O4S/c1-2-20(10-7-8-25(23,24)9-10)14(22)13(21)19-12-6-4-3-5-11(12)15(16,17)18/h3-6,10H,2,7-9H2,1H3,(H,19,21). The van der Waals surface area contributed by atoms with Crippen molar-refractivity contribution in [2.75, 3.05) is 23.4 Å². The van der Waals surface area contributed by atoms with Crippen LogP contribution in [0.3, 0.4) is 0 Å². The Labute approximate surface area is 142 Å². The highest BCUT2D eigenvalue weighted by molar-refractivity contribution is 7.91. The summed E-state index contributed by atoms with van der Waals surface area (Å²) in [6.07, 6.45) is -4.48. The van der Waals surface area contributed by atoms with E-state index in [2.05, 4.69) is 0 Å². The van der Waals surface area contributed by atoms with Crippen LogP contribution in [-0.4, -0.2) is 49.2 Å². The molecule has 0 aliphatic carbocycles. The minimum absolute atomic E-state index is 0.0767. The number of nitrogens with one attached hydrogen (secondary N) is 1. The topological polar surface area (TPSA) is 83.6 Å². The molecule has 1 heterocycles. The van der Waals surface area contributed by atoms with Gasteiger partial charge in [-0.2, -0.15) is 13.2 Å². The van der Waals surface area contributed by atoms with E-state index in [1.54, 1.807) is 6.92 Å². The van der Waals surface area contributed by atoms with Gasteiger partial charge in [0, 0.05) is 12.6 Å². The molecule has 0 spiro atoms. The number of rotatable bonds is 3. The van der Waals surface area contributed by atoms with Gasteiger partial charge < -0.3 is 10.2 Å². The van der Waals surface area contributed by atoms with Crippen LogP contribution in [-0.2, 0) is 25.6 Å². The molecule has 1 aliphatic heterocycles. The second kappa shape index (κ2) is 7.03. The Morgan fingerprint density at radius 3 is 2.44 bits per heavy atom. The zero-order chi connectivity index (χ0) is 18.8. The highest BCUT2D eigenvalue weighted by Crippen LogP contribution is 2.34. The normalized spacial score (nSPS) is 19.4. The predicted octanol–water partition coefficient (Wildman–Crippen LogP) is 1.68. The molecular formula is C15H17F3N2O4S. The maximum atomic E-state index is 12.9. The third-order valence-electron chi connectivity index (χ3n) is 3.93. The molecule has 1 fully saturated rings. The van der Waals surface area contributed by atoms with Crippen LogP contribution in [0.4, 0.5) is 18.9 Å². The molecule has 2 amide bonds. The summed E-state index contributed by atoms with van der Waals surface area (Å²) in [6.45, 7) is 1.65. The molecule has 1 aliphatic rings. The van der Waals surface area contributed by atoms with Crippen molar-refractivity contribution in [1.82, 2.24) is 4.90 Å². The number of hydrogen-bond acceptors (Lipinski definition) is 4. The number of hydrogen-bond donors (Lipinski definition) is 1. The van der Waals surface area contributed by atoms with Gasteiger partial charge in [0.05, 0.1) is 22.8 Å². The first-order valence-electron chi connectivity index (χ1n) is 7.53. The smallest absolute Gasteiger partial charge is 0.331 e. The molecule has 0 bridgehead atoms. The van der Waals surface area contributed by atoms with Gasteiger partial charge in [0.1, 0.15) is 0 Å². The highest BCUT2D eigenvalue weighted by atomic mass is 32.2. The van der Waals surface area contributed by atoms with Crippen LogP contribution >= 0.6 is 0 Å². The molecule has 0 radical (unpaired) electrons. The number of likely N-dealkylation sites (N-methyl/N-ethyl adjacent to an activating group) is 1. The van der Waals surface area contributed by atoms with Crippen molar-refractivity contribution in [2.24, 2.45) is 0 Å². The number of carbonyl (C=O) groups excluding carboxylic acids is 2. The van der Waals surface area contributed by atoms with E-state index in [9.17, 15) is 31.2 Å². The lowest BCUT2D eigenvalue weighted by atomic mass is 10.1. The third kappa shape index (κ3) is 4.50. The van der Waals surface area contributed by atoms with Crippen LogP contribution in [0.25, 0.3) is 0 Å². The molecule has 1 saturated heterocycles. The van der Waals surface area contributed by atoms with Crippen molar-refractivity contribution < 1.29 is 31.2 Å². The third-order valence-corrected chi connectivity index (χ3v) is 5.68. The van der Waals surface area contributed by atoms with Gasteiger partial charge in [-0.1, -0.05) is 12.1 Å². The molecule has 6 nitrogen and oxygen atoms in total. The number of carbonyl (C=O) groups is 2. The van der Waals surface area contributed by atoms with Gasteiger partial charge in [0.15, 0.2) is 9.84 Å². The maximum absolute atomic E-state index is 12.9. The Bertz CT molecular complexity index is 777. The van der Waals surface area contributed by atoms with Gasteiger partial charge >= 0.3 is 18.0 Å². The van der Waals surface area contributed by atoms with Gasteiger partial charge in [0.2, 0.25) is 0 Å². The average molecular weight is 378 g/mol. The first-order valence-corrected chi connectivity index (χ1v) is 9.36. The van der Waals surface area contributed by atoms with Gasteiger partial charge in [0.25, 0.3) is 0 Å². The van der Waals surface area contributed by atoms with E-state index in [1.807, 2.05) is 5.32 Å². The average Bonchev–Trinajstić information content (AvgIpc) is 2.87. The summed E-state index contributed by atoms with van der Waals surface area (Å²) in [6, 6.07) is 3.66. The van der Waals surface area contributed by atoms with E-state index in [1.165, 1.54) is 12.1 Å². The van der Waals surface area contributed by atoms with Crippen molar-refractivity contribution in [2.45, 2.75) is 25.6 Å². The summed E-state index contributed by atoms with van der Waals surface area (Å²) in [5.41, 5.74) is -1.59. The number of benzene rings is 1. The number of sulfone groups is 1. The van der Waals surface area contributed by atoms with Gasteiger partial charge in [-0.3, -0.25) is 9.59 Å². The summed E-state index contributed by atoms with van der Waals surface area (Å²) in [4.78, 5) is 25.4. The largest absolute Gasteiger partial charge is 0.418 e. The molecule has 1 atom stereocenters. The van der Waals surface area contributed by atoms with E-state index in [0.717, 1.165) is 17.0 Å². The lowest BCUT2D eigenvalue weighted by Crippen LogP contribution is -2.46. The summed E-state index contributed by atoms with van der Waals surface area (Å²) >= 11 is 0. The van der Waals surface area contributed by atoms with Crippen LogP contribution in [0.1, 0.15) is 18.9 Å². The zero-order valence-corrected chi connectivity index (χ0v) is 14.2. The van der Waals surface area contributed by atoms with Crippen LogP contribution in [0.5, 0.6) is 0 Å². The molecule has 1 aromatic carbocycles. The van der Waals surface area contributed by atoms with Crippen molar-refractivity contribution in [3.63, 3.8) is 0 Å². The van der Waals surface area contributed by atoms with E-state index < -0.39 is 45.1 Å². The second-order valence-corrected chi connectivity index (χ2v) is 7.87. The molecule has 1 N–H and O–H groups in total. The molecule has 0 aromatic heterocycles. The Hall–Kier alpha value is -2.10. The van der Waals surface area contributed by atoms with Crippen LogP contribution in [0.2, 0.25) is 0 Å². The van der Waals surface area contributed by atoms with Gasteiger partial charge in [-0.15, -0.1) is 0 Å². The molecule has 1 unspecified atom stereocenters. The van der Waals surface area contributed by atoms with Crippen LogP contribution in [0, 0.1) is 0 Å². The molecule has 2 rings (SSSR count). The van der Waals surface area contributed by atoms with Crippen molar-refractivity contribution in [3.8, 4) is 0 Å². The Morgan fingerprint density at radius 1 is 1.28 bits per heavy atom. The quantitative estimate of drug-likeness (QED) is 0.812. The first kappa shape index (κ1) is 19.2. The minimum atomic E-state index is -4.68. The predicted molar refractivity (Wildman–Crippen MR) is 84.5 cm³/mol.